The van der Waals surface area contributed by atoms with Crippen molar-refractivity contribution in [2.75, 3.05) is 59.8 Å². The fourth-order valence-corrected chi connectivity index (χ4v) is 5.27. The van der Waals surface area contributed by atoms with Gasteiger partial charge in [-0.2, -0.15) is 0 Å². The summed E-state index contributed by atoms with van der Waals surface area (Å²) in [5.74, 6) is 0.542. The van der Waals surface area contributed by atoms with Crippen LogP contribution >= 0.6 is 0 Å². The highest BCUT2D eigenvalue weighted by Gasteiger charge is 2.54. The number of nitrogens with zero attached hydrogens (tertiary/aromatic N) is 1. The highest BCUT2D eigenvalue weighted by molar-refractivity contribution is 6.00. The lowest BCUT2D eigenvalue weighted by atomic mass is 9.81. The van der Waals surface area contributed by atoms with Crippen molar-refractivity contribution in [3.63, 3.8) is 0 Å². The Morgan fingerprint density at radius 3 is 2.34 bits per heavy atom. The third kappa shape index (κ3) is 10.0. The number of aryl methyl sites for hydroxylation is 1. The average Bonchev–Trinajstić information content (AvgIpc) is 3.49. The first-order chi connectivity index (χ1) is 23.0. The van der Waals surface area contributed by atoms with E-state index in [-0.39, 0.29) is 6.61 Å². The number of hydrogen-bond donors (Lipinski definition) is 2. The molecule has 2 atom stereocenters. The number of ether oxygens (including phenoxy) is 6. The lowest BCUT2D eigenvalue weighted by molar-refractivity contribution is -0.150. The molecule has 0 saturated carbocycles. The molecule has 1 aliphatic heterocycles. The molecule has 1 heterocycles. The lowest BCUT2D eigenvalue weighted by Crippen LogP contribution is -2.44. The number of nitrogens with one attached hydrogen (secondary N) is 1. The second kappa shape index (κ2) is 18.6. The van der Waals surface area contributed by atoms with Gasteiger partial charge in [-0.25, -0.2) is 14.6 Å². The Morgan fingerprint density at radius 2 is 1.62 bits per heavy atom. The Balaban J connectivity index is 1.34. The summed E-state index contributed by atoms with van der Waals surface area (Å²) in [5.41, 5.74) is 7.68. The van der Waals surface area contributed by atoms with E-state index in [1.54, 1.807) is 0 Å². The molecule has 0 aromatic heterocycles. The second-order valence-electron chi connectivity index (χ2n) is 10.8. The maximum atomic E-state index is 13.6. The largest absolute Gasteiger partial charge is 0.493 e. The number of amides is 1. The number of aliphatic imine (C=N–C) groups is 1. The van der Waals surface area contributed by atoms with Crippen LogP contribution in [0.3, 0.4) is 0 Å². The van der Waals surface area contributed by atoms with E-state index in [9.17, 15) is 9.59 Å². The number of carbonyl (C=O) groups is 2. The van der Waals surface area contributed by atoms with Gasteiger partial charge in [0.15, 0.2) is 6.10 Å². The quantitative estimate of drug-likeness (QED) is 0.143. The van der Waals surface area contributed by atoms with Crippen LogP contribution in [0.2, 0.25) is 0 Å². The summed E-state index contributed by atoms with van der Waals surface area (Å²) >= 11 is 0. The second-order valence-corrected chi connectivity index (χ2v) is 10.8. The summed E-state index contributed by atoms with van der Waals surface area (Å²) in [7, 11) is 1.38. The minimum absolute atomic E-state index is 0.208. The molecule has 3 N–H and O–H groups in total. The highest BCUT2D eigenvalue weighted by atomic mass is 16.6. The predicted molar refractivity (Wildman–Crippen MR) is 178 cm³/mol. The number of hydrogen-bond acceptors (Lipinski definition) is 10. The molecule has 0 unspecified atom stereocenters. The van der Waals surface area contributed by atoms with Gasteiger partial charge in [-0.05, 0) is 47.4 Å². The summed E-state index contributed by atoms with van der Waals surface area (Å²) < 4.78 is 33.5. The van der Waals surface area contributed by atoms with Gasteiger partial charge in [0.1, 0.15) is 5.75 Å². The maximum Gasteiger partial charge on any atom is 0.407 e. The summed E-state index contributed by atoms with van der Waals surface area (Å²) in [6.45, 7) is 5.22. The number of esters is 1. The monoisotopic (exact) mass is 647 g/mol. The van der Waals surface area contributed by atoms with Crippen molar-refractivity contribution in [2.24, 2.45) is 10.7 Å². The summed E-state index contributed by atoms with van der Waals surface area (Å²) in [5, 5.41) is 2.64. The van der Waals surface area contributed by atoms with Crippen LogP contribution in [0.15, 0.2) is 83.9 Å². The van der Waals surface area contributed by atoms with Gasteiger partial charge in [0.05, 0.1) is 46.8 Å². The first-order valence-electron chi connectivity index (χ1n) is 16.0. The van der Waals surface area contributed by atoms with E-state index in [4.69, 9.17) is 39.1 Å². The predicted octanol–water partition coefficient (Wildman–Crippen LogP) is 4.41. The van der Waals surface area contributed by atoms with Crippen LogP contribution in [0, 0.1) is 0 Å². The van der Waals surface area contributed by atoms with Crippen molar-refractivity contribution >= 4 is 18.0 Å². The van der Waals surface area contributed by atoms with Gasteiger partial charge in [-0.1, -0.05) is 61.5 Å². The molecule has 252 valence electrons. The Kier molecular flexibility index (Phi) is 14.0. The standard InChI is InChI=1S/C36H45N3O8/c1-3-28-12-7-8-13-31(28)32-36(34(40)42-2,26-27-10-5-4-6-11-27)39-33(47-32)29-14-16-30(17-15-29)45-20-9-21-46-35(41)38-19-23-44-25-24-43-22-18-37/h4-8,10-17,32H,3,9,18-26,37H2,1-2H3,(H,38,41)/t32-,36-/m0/s1. The van der Waals surface area contributed by atoms with Crippen molar-refractivity contribution < 1.29 is 38.0 Å². The Morgan fingerprint density at radius 1 is 0.894 bits per heavy atom. The van der Waals surface area contributed by atoms with Gasteiger partial charge < -0.3 is 39.5 Å². The zero-order valence-corrected chi connectivity index (χ0v) is 27.2. The minimum Gasteiger partial charge on any atom is -0.493 e. The van der Waals surface area contributed by atoms with Gasteiger partial charge in [0, 0.05) is 31.5 Å². The molecule has 4 rings (SSSR count). The van der Waals surface area contributed by atoms with Gasteiger partial charge >= 0.3 is 12.1 Å². The third-order valence-electron chi connectivity index (χ3n) is 7.58. The molecular weight excluding hydrogens is 602 g/mol. The van der Waals surface area contributed by atoms with Crippen molar-refractivity contribution in [1.82, 2.24) is 5.32 Å². The van der Waals surface area contributed by atoms with E-state index < -0.39 is 23.7 Å². The lowest BCUT2D eigenvalue weighted by Gasteiger charge is -2.30. The Bertz CT molecular complexity index is 1430. The zero-order valence-electron chi connectivity index (χ0n) is 27.2. The van der Waals surface area contributed by atoms with Gasteiger partial charge in [0.2, 0.25) is 11.4 Å². The van der Waals surface area contributed by atoms with Crippen LogP contribution in [-0.4, -0.2) is 83.3 Å². The number of methoxy groups -OCH3 is 1. The van der Waals surface area contributed by atoms with E-state index in [0.717, 1.165) is 23.1 Å². The Labute approximate surface area is 276 Å². The number of alkyl carbamates (subject to hydrolysis) is 1. The molecule has 0 spiro atoms. The van der Waals surface area contributed by atoms with E-state index in [1.165, 1.54) is 7.11 Å². The molecule has 3 aromatic rings. The molecule has 11 heteroatoms. The van der Waals surface area contributed by atoms with Crippen LogP contribution < -0.4 is 15.8 Å². The first kappa shape index (κ1) is 35.4. The van der Waals surface area contributed by atoms with Crippen molar-refractivity contribution in [1.29, 1.82) is 0 Å². The van der Waals surface area contributed by atoms with Gasteiger partial charge in [-0.3, -0.25) is 0 Å². The molecule has 3 aromatic carbocycles. The molecule has 0 saturated heterocycles. The SMILES string of the molecule is CCc1ccccc1[C@@H]1OC(c2ccc(OCCCOC(=O)NCCOCCOCCN)cc2)=N[C@]1(Cc1ccccc1)C(=O)OC. The van der Waals surface area contributed by atoms with E-state index >= 15 is 0 Å². The van der Waals surface area contributed by atoms with Crippen LogP contribution in [0.25, 0.3) is 0 Å². The Hall–Kier alpha value is -4.45. The molecule has 1 aliphatic rings. The molecule has 1 amide bonds. The first-order valence-corrected chi connectivity index (χ1v) is 16.0. The maximum absolute atomic E-state index is 13.6. The van der Waals surface area contributed by atoms with E-state index in [1.807, 2.05) is 78.9 Å². The number of rotatable bonds is 19. The third-order valence-corrected chi connectivity index (χ3v) is 7.58. The summed E-state index contributed by atoms with van der Waals surface area (Å²) in [6, 6.07) is 25.1. The summed E-state index contributed by atoms with van der Waals surface area (Å²) in [4.78, 5) is 30.4. The average molecular weight is 648 g/mol. The van der Waals surface area contributed by atoms with Crippen molar-refractivity contribution in [3.05, 3.63) is 101 Å². The van der Waals surface area contributed by atoms with Gasteiger partial charge in [-0.15, -0.1) is 0 Å². The molecule has 0 fully saturated rings. The molecular formula is C36H45N3O8. The molecule has 0 radical (unpaired) electrons. The number of carbonyl (C=O) groups excluding carboxylic acids is 2. The highest BCUT2D eigenvalue weighted by Crippen LogP contribution is 2.44. The van der Waals surface area contributed by atoms with Crippen molar-refractivity contribution in [2.45, 2.75) is 37.8 Å². The van der Waals surface area contributed by atoms with Gasteiger partial charge in [0.25, 0.3) is 0 Å². The zero-order chi connectivity index (χ0) is 33.3. The van der Waals surface area contributed by atoms with Crippen LogP contribution in [0.5, 0.6) is 5.75 Å². The van der Waals surface area contributed by atoms with Crippen LogP contribution in [-0.2, 0) is 41.3 Å². The molecule has 11 nitrogen and oxygen atoms in total. The minimum atomic E-state index is -1.31. The number of benzene rings is 3. The summed E-state index contributed by atoms with van der Waals surface area (Å²) in [6.07, 6.45) is 0.414. The van der Waals surface area contributed by atoms with E-state index in [2.05, 4.69) is 12.2 Å². The molecule has 0 aliphatic carbocycles. The molecule has 0 bridgehead atoms. The topological polar surface area (TPSA) is 140 Å². The van der Waals surface area contributed by atoms with Crippen LogP contribution in [0.4, 0.5) is 4.79 Å². The normalized spacial score (nSPS) is 17.0. The fraction of sp³-hybridized carbons (Fsp3) is 0.417. The van der Waals surface area contributed by atoms with E-state index in [0.29, 0.717) is 76.2 Å². The van der Waals surface area contributed by atoms with Crippen molar-refractivity contribution in [3.8, 4) is 5.75 Å². The smallest absolute Gasteiger partial charge is 0.407 e. The fourth-order valence-electron chi connectivity index (χ4n) is 5.27. The van der Waals surface area contributed by atoms with Crippen LogP contribution in [0.1, 0.15) is 41.7 Å². The number of nitrogens with two attached hydrogens (primary N) is 1. The molecule has 47 heavy (non-hydrogen) atoms.